The molecule has 1 aromatic heterocycles. The minimum atomic E-state index is -0.672. The van der Waals surface area contributed by atoms with Gasteiger partial charge in [-0.3, -0.25) is 9.36 Å². The molecule has 32 heavy (non-hydrogen) atoms. The highest BCUT2D eigenvalue weighted by Gasteiger charge is 2.40. The van der Waals surface area contributed by atoms with Crippen molar-refractivity contribution in [3.63, 3.8) is 0 Å². The van der Waals surface area contributed by atoms with Crippen LogP contribution < -0.4 is 11.4 Å². The number of nitrogens with zero attached hydrogens (tertiary/aromatic N) is 3. The van der Waals surface area contributed by atoms with Crippen LogP contribution in [-0.2, 0) is 21.5 Å². The van der Waals surface area contributed by atoms with Gasteiger partial charge in [0.25, 0.3) is 0 Å². The molecule has 1 fully saturated rings. The molecule has 2 heterocycles. The maximum Gasteiger partial charge on any atom is 0.350 e. The number of rotatable bonds is 7. The molecule has 0 atom stereocenters. The average molecular weight is 453 g/mol. The molecule has 3 aromatic rings. The van der Waals surface area contributed by atoms with Crippen LogP contribution in [-0.4, -0.2) is 33.5 Å². The molecule has 1 aliphatic heterocycles. The predicted molar refractivity (Wildman–Crippen MR) is 124 cm³/mol. The summed E-state index contributed by atoms with van der Waals surface area (Å²) in [5.74, 6) is 0.0735. The van der Waals surface area contributed by atoms with E-state index in [4.69, 9.17) is 10.5 Å². The van der Waals surface area contributed by atoms with Gasteiger partial charge in [0.05, 0.1) is 11.1 Å². The molecule has 0 saturated carbocycles. The normalized spacial score (nSPS) is 15.7. The number of benzene rings is 2. The molecule has 2 N–H and O–H groups in total. The Balaban J connectivity index is 1.53. The van der Waals surface area contributed by atoms with E-state index in [2.05, 4.69) is 18.9 Å². The second-order valence-corrected chi connectivity index (χ2v) is 9.70. The van der Waals surface area contributed by atoms with Crippen LogP contribution in [0.1, 0.15) is 32.3 Å². The largest absolute Gasteiger partial charge is 0.381 e. The first-order chi connectivity index (χ1) is 15.4. The Labute approximate surface area is 191 Å². The summed E-state index contributed by atoms with van der Waals surface area (Å²) in [5.41, 5.74) is 6.67. The van der Waals surface area contributed by atoms with E-state index in [0.717, 1.165) is 21.0 Å². The molecule has 2 aromatic carbocycles. The molecule has 4 rings (SSSR count). The Morgan fingerprint density at radius 2 is 1.88 bits per heavy atom. The number of carbonyl (C=O) groups is 1. The molecule has 1 saturated heterocycles. The monoisotopic (exact) mass is 452 g/mol. The van der Waals surface area contributed by atoms with Gasteiger partial charge in [-0.1, -0.05) is 37.7 Å². The van der Waals surface area contributed by atoms with Gasteiger partial charge in [-0.2, -0.15) is 9.78 Å². The van der Waals surface area contributed by atoms with E-state index < -0.39 is 5.41 Å². The summed E-state index contributed by atoms with van der Waals surface area (Å²) < 4.78 is 8.50. The summed E-state index contributed by atoms with van der Waals surface area (Å²) in [6, 6.07) is 15.7. The molecule has 7 nitrogen and oxygen atoms in total. The van der Waals surface area contributed by atoms with Crippen molar-refractivity contribution < 1.29 is 9.53 Å². The SMILES string of the molecule is CC(C)Cn1cnn(-c2ccc(Sc3cccc(C4(C(N)=O)CCOCC4)c3)cc2)c1=O. The van der Waals surface area contributed by atoms with Crippen molar-refractivity contribution in [2.24, 2.45) is 11.7 Å². The first-order valence-electron chi connectivity index (χ1n) is 10.8. The van der Waals surface area contributed by atoms with E-state index in [0.29, 0.717) is 38.5 Å². The number of nitrogens with two attached hydrogens (primary N) is 1. The van der Waals surface area contributed by atoms with Crippen molar-refractivity contribution in [1.29, 1.82) is 0 Å². The quantitative estimate of drug-likeness (QED) is 0.593. The van der Waals surface area contributed by atoms with Crippen molar-refractivity contribution >= 4 is 17.7 Å². The minimum absolute atomic E-state index is 0.139. The van der Waals surface area contributed by atoms with Gasteiger partial charge in [-0.25, -0.2) is 4.79 Å². The Kier molecular flexibility index (Phi) is 6.53. The molecule has 0 unspecified atom stereocenters. The third kappa shape index (κ3) is 4.52. The van der Waals surface area contributed by atoms with Crippen LogP contribution in [0.4, 0.5) is 0 Å². The standard InChI is InChI=1S/C24H28N4O3S/c1-17(2)15-27-16-26-28(23(27)30)19-6-8-20(9-7-19)32-21-5-3-4-18(14-21)24(22(25)29)10-12-31-13-11-24/h3-9,14,16-17H,10-13,15H2,1-2H3,(H2,25,29). The molecule has 1 aliphatic rings. The zero-order valence-corrected chi connectivity index (χ0v) is 19.2. The van der Waals surface area contributed by atoms with Crippen LogP contribution in [0.15, 0.2) is 69.4 Å². The molecule has 0 spiro atoms. The number of hydrogen-bond acceptors (Lipinski definition) is 5. The van der Waals surface area contributed by atoms with Gasteiger partial charge in [0.2, 0.25) is 5.91 Å². The summed E-state index contributed by atoms with van der Waals surface area (Å²) >= 11 is 1.60. The summed E-state index contributed by atoms with van der Waals surface area (Å²) in [5, 5.41) is 4.25. The highest BCUT2D eigenvalue weighted by Crippen LogP contribution is 2.37. The molecule has 0 bridgehead atoms. The fraction of sp³-hybridized carbons (Fsp3) is 0.375. The van der Waals surface area contributed by atoms with Gasteiger partial charge in [0, 0.05) is 29.5 Å². The number of primary amides is 1. The lowest BCUT2D eigenvalue weighted by Gasteiger charge is -2.34. The highest BCUT2D eigenvalue weighted by atomic mass is 32.2. The third-order valence-electron chi connectivity index (χ3n) is 5.82. The van der Waals surface area contributed by atoms with Crippen LogP contribution in [0.25, 0.3) is 5.69 Å². The van der Waals surface area contributed by atoms with Crippen molar-refractivity contribution in [3.8, 4) is 5.69 Å². The first-order valence-corrected chi connectivity index (χ1v) is 11.6. The number of carbonyl (C=O) groups excluding carboxylic acids is 1. The molecule has 0 radical (unpaired) electrons. The van der Waals surface area contributed by atoms with Gasteiger partial charge in [0.1, 0.15) is 6.33 Å². The third-order valence-corrected chi connectivity index (χ3v) is 6.81. The Morgan fingerprint density at radius 3 is 2.53 bits per heavy atom. The Bertz CT molecular complexity index is 1140. The van der Waals surface area contributed by atoms with E-state index in [9.17, 15) is 9.59 Å². The van der Waals surface area contributed by atoms with Gasteiger partial charge >= 0.3 is 5.69 Å². The number of amides is 1. The molecular weight excluding hydrogens is 424 g/mol. The zero-order valence-electron chi connectivity index (χ0n) is 18.4. The van der Waals surface area contributed by atoms with Crippen molar-refractivity contribution in [2.75, 3.05) is 13.2 Å². The lowest BCUT2D eigenvalue weighted by Crippen LogP contribution is -2.45. The molecule has 1 amide bonds. The fourth-order valence-corrected chi connectivity index (χ4v) is 4.95. The second-order valence-electron chi connectivity index (χ2n) is 8.55. The average Bonchev–Trinajstić information content (AvgIpc) is 3.14. The van der Waals surface area contributed by atoms with E-state index >= 15 is 0 Å². The van der Waals surface area contributed by atoms with E-state index in [1.165, 1.54) is 4.68 Å². The maximum atomic E-state index is 12.6. The number of hydrogen-bond donors (Lipinski definition) is 1. The smallest absolute Gasteiger partial charge is 0.350 e. The maximum absolute atomic E-state index is 12.6. The highest BCUT2D eigenvalue weighted by molar-refractivity contribution is 7.99. The van der Waals surface area contributed by atoms with E-state index in [1.807, 2.05) is 48.5 Å². The van der Waals surface area contributed by atoms with Gasteiger partial charge < -0.3 is 10.5 Å². The fourth-order valence-electron chi connectivity index (χ4n) is 4.08. The second kappa shape index (κ2) is 9.34. The van der Waals surface area contributed by atoms with Crippen LogP contribution >= 0.6 is 11.8 Å². The Morgan fingerprint density at radius 1 is 1.16 bits per heavy atom. The van der Waals surface area contributed by atoms with Gasteiger partial charge in [0.15, 0.2) is 0 Å². The molecule has 168 valence electrons. The van der Waals surface area contributed by atoms with Crippen molar-refractivity contribution in [1.82, 2.24) is 14.3 Å². The molecular formula is C24H28N4O3S. The lowest BCUT2D eigenvalue weighted by molar-refractivity contribution is -0.127. The predicted octanol–water partition coefficient (Wildman–Crippen LogP) is 3.37. The van der Waals surface area contributed by atoms with Crippen LogP contribution in [0.5, 0.6) is 0 Å². The van der Waals surface area contributed by atoms with Crippen LogP contribution in [0.3, 0.4) is 0 Å². The zero-order chi connectivity index (χ0) is 22.7. The Hall–Kier alpha value is -2.84. The molecule has 8 heteroatoms. The number of aromatic nitrogens is 3. The summed E-state index contributed by atoms with van der Waals surface area (Å²) in [6.07, 6.45) is 2.79. The summed E-state index contributed by atoms with van der Waals surface area (Å²) in [7, 11) is 0. The molecule has 0 aliphatic carbocycles. The van der Waals surface area contributed by atoms with Gasteiger partial charge in [-0.05, 0) is 60.7 Å². The minimum Gasteiger partial charge on any atom is -0.381 e. The lowest BCUT2D eigenvalue weighted by atomic mass is 9.73. The summed E-state index contributed by atoms with van der Waals surface area (Å²) in [6.45, 7) is 5.85. The van der Waals surface area contributed by atoms with Gasteiger partial charge in [-0.15, -0.1) is 0 Å². The topological polar surface area (TPSA) is 92.1 Å². The first kappa shape index (κ1) is 22.4. The van der Waals surface area contributed by atoms with Crippen LogP contribution in [0, 0.1) is 5.92 Å². The van der Waals surface area contributed by atoms with Crippen molar-refractivity contribution in [2.45, 2.75) is 48.4 Å². The summed E-state index contributed by atoms with van der Waals surface area (Å²) in [4.78, 5) is 27.0. The number of ether oxygens (including phenoxy) is 1. The van der Waals surface area contributed by atoms with E-state index in [1.54, 1.807) is 22.7 Å². The van der Waals surface area contributed by atoms with E-state index in [-0.39, 0.29) is 11.6 Å². The van der Waals surface area contributed by atoms with Crippen LogP contribution in [0.2, 0.25) is 0 Å². The van der Waals surface area contributed by atoms with Crippen molar-refractivity contribution in [3.05, 3.63) is 70.9 Å².